The van der Waals surface area contributed by atoms with Gasteiger partial charge in [-0.25, -0.2) is 0 Å². The van der Waals surface area contributed by atoms with Gasteiger partial charge in [-0.2, -0.15) is 0 Å². The molecule has 0 N–H and O–H groups in total. The van der Waals surface area contributed by atoms with E-state index in [4.69, 9.17) is 4.74 Å². The maximum absolute atomic E-state index is 12.5. The van der Waals surface area contributed by atoms with Crippen molar-refractivity contribution in [3.05, 3.63) is 29.3 Å². The molecule has 0 saturated heterocycles. The zero-order valence-electron chi connectivity index (χ0n) is 12.7. The van der Waals surface area contributed by atoms with Crippen LogP contribution in [0.1, 0.15) is 56.0 Å². The maximum Gasteiger partial charge on any atom is 0.253 e. The molecule has 0 unspecified atom stereocenters. The highest BCUT2D eigenvalue weighted by Gasteiger charge is 2.16. The molecule has 0 aromatic heterocycles. The molecule has 0 radical (unpaired) electrons. The Balaban J connectivity index is 3.10. The highest BCUT2D eigenvalue weighted by atomic mass is 16.5. The smallest absolute Gasteiger partial charge is 0.253 e. The third-order valence-corrected chi connectivity index (χ3v) is 3.24. The van der Waals surface area contributed by atoms with Gasteiger partial charge in [0.2, 0.25) is 0 Å². The molecule has 0 bridgehead atoms. The SMILES string of the molecule is CCCN(CC)C(=O)c1cc(OC)cc(C(C)C)c1. The molecular formula is C16H25NO2. The Morgan fingerprint density at radius 3 is 2.42 bits per heavy atom. The number of carbonyl (C=O) groups is 1. The quantitative estimate of drug-likeness (QED) is 0.783. The summed E-state index contributed by atoms with van der Waals surface area (Å²) in [5.74, 6) is 1.22. The summed E-state index contributed by atoms with van der Waals surface area (Å²) in [6, 6.07) is 5.80. The lowest BCUT2D eigenvalue weighted by Gasteiger charge is -2.21. The van der Waals surface area contributed by atoms with Gasteiger partial charge in [0.05, 0.1) is 7.11 Å². The summed E-state index contributed by atoms with van der Waals surface area (Å²) in [6.07, 6.45) is 0.973. The van der Waals surface area contributed by atoms with Gasteiger partial charge in [-0.3, -0.25) is 4.79 Å². The monoisotopic (exact) mass is 263 g/mol. The Bertz CT molecular complexity index is 427. The second-order valence-corrected chi connectivity index (χ2v) is 5.03. The molecule has 1 aromatic carbocycles. The highest BCUT2D eigenvalue weighted by Crippen LogP contribution is 2.23. The Kier molecular flexibility index (Phi) is 5.87. The average molecular weight is 263 g/mol. The predicted octanol–water partition coefficient (Wildman–Crippen LogP) is 3.69. The largest absolute Gasteiger partial charge is 0.497 e. The molecule has 1 amide bonds. The lowest BCUT2D eigenvalue weighted by Crippen LogP contribution is -2.31. The van der Waals surface area contributed by atoms with Gasteiger partial charge < -0.3 is 9.64 Å². The third kappa shape index (κ3) is 3.98. The van der Waals surface area contributed by atoms with Gasteiger partial charge in [0, 0.05) is 18.7 Å². The maximum atomic E-state index is 12.5. The minimum atomic E-state index is 0.0881. The Morgan fingerprint density at radius 2 is 1.95 bits per heavy atom. The van der Waals surface area contributed by atoms with Crippen LogP contribution in [-0.4, -0.2) is 31.0 Å². The van der Waals surface area contributed by atoms with Crippen molar-refractivity contribution in [1.29, 1.82) is 0 Å². The lowest BCUT2D eigenvalue weighted by atomic mass is 9.99. The highest BCUT2D eigenvalue weighted by molar-refractivity contribution is 5.94. The fraction of sp³-hybridized carbons (Fsp3) is 0.562. The van der Waals surface area contributed by atoms with E-state index in [1.807, 2.05) is 30.0 Å². The summed E-state index contributed by atoms with van der Waals surface area (Å²) >= 11 is 0. The van der Waals surface area contributed by atoms with Gasteiger partial charge in [-0.05, 0) is 43.0 Å². The van der Waals surface area contributed by atoms with Crippen LogP contribution in [0, 0.1) is 0 Å². The summed E-state index contributed by atoms with van der Waals surface area (Å²) < 4.78 is 5.30. The predicted molar refractivity (Wildman–Crippen MR) is 79.0 cm³/mol. The Labute approximate surface area is 116 Å². The normalized spacial score (nSPS) is 10.6. The number of rotatable bonds is 6. The molecule has 0 aliphatic carbocycles. The van der Waals surface area contributed by atoms with Gasteiger partial charge >= 0.3 is 0 Å². The van der Waals surface area contributed by atoms with Crippen molar-refractivity contribution < 1.29 is 9.53 Å². The van der Waals surface area contributed by atoms with Crippen LogP contribution in [0.15, 0.2) is 18.2 Å². The van der Waals surface area contributed by atoms with E-state index in [-0.39, 0.29) is 5.91 Å². The first-order valence-corrected chi connectivity index (χ1v) is 7.01. The minimum absolute atomic E-state index is 0.0881. The van der Waals surface area contributed by atoms with E-state index in [1.54, 1.807) is 7.11 Å². The fourth-order valence-electron chi connectivity index (χ4n) is 2.05. The molecule has 0 spiro atoms. The van der Waals surface area contributed by atoms with Crippen molar-refractivity contribution in [1.82, 2.24) is 4.90 Å². The number of ether oxygens (including phenoxy) is 1. The number of amides is 1. The first-order chi connectivity index (χ1) is 9.03. The van der Waals surface area contributed by atoms with E-state index in [2.05, 4.69) is 20.8 Å². The van der Waals surface area contributed by atoms with Crippen molar-refractivity contribution in [2.45, 2.75) is 40.0 Å². The van der Waals surface area contributed by atoms with Gasteiger partial charge in [0.15, 0.2) is 0 Å². The second-order valence-electron chi connectivity index (χ2n) is 5.03. The van der Waals surface area contributed by atoms with E-state index < -0.39 is 0 Å². The number of nitrogens with zero attached hydrogens (tertiary/aromatic N) is 1. The van der Waals surface area contributed by atoms with E-state index in [0.717, 1.165) is 36.4 Å². The average Bonchev–Trinajstić information content (AvgIpc) is 2.43. The van der Waals surface area contributed by atoms with E-state index in [1.165, 1.54) is 0 Å². The van der Waals surface area contributed by atoms with Gasteiger partial charge in [-0.1, -0.05) is 20.8 Å². The van der Waals surface area contributed by atoms with Crippen LogP contribution < -0.4 is 4.74 Å². The molecule has 3 nitrogen and oxygen atoms in total. The van der Waals surface area contributed by atoms with E-state index in [9.17, 15) is 4.79 Å². The summed E-state index contributed by atoms with van der Waals surface area (Å²) in [5.41, 5.74) is 1.86. The van der Waals surface area contributed by atoms with Crippen LogP contribution in [0.2, 0.25) is 0 Å². The number of benzene rings is 1. The van der Waals surface area contributed by atoms with Crippen LogP contribution in [0.25, 0.3) is 0 Å². The molecule has 0 fully saturated rings. The summed E-state index contributed by atoms with van der Waals surface area (Å²) in [4.78, 5) is 14.4. The molecule has 19 heavy (non-hydrogen) atoms. The van der Waals surface area contributed by atoms with Gasteiger partial charge in [0.25, 0.3) is 5.91 Å². The Hall–Kier alpha value is -1.51. The number of methoxy groups -OCH3 is 1. The molecule has 0 aliphatic heterocycles. The summed E-state index contributed by atoms with van der Waals surface area (Å²) in [5, 5.41) is 0. The molecule has 0 heterocycles. The molecular weight excluding hydrogens is 238 g/mol. The van der Waals surface area contributed by atoms with Crippen molar-refractivity contribution >= 4 is 5.91 Å². The van der Waals surface area contributed by atoms with Gasteiger partial charge in [-0.15, -0.1) is 0 Å². The van der Waals surface area contributed by atoms with Crippen molar-refractivity contribution in [3.63, 3.8) is 0 Å². The molecule has 0 atom stereocenters. The van der Waals surface area contributed by atoms with Crippen LogP contribution in [0.3, 0.4) is 0 Å². The molecule has 0 aliphatic rings. The van der Waals surface area contributed by atoms with Crippen molar-refractivity contribution in [2.75, 3.05) is 20.2 Å². The molecule has 0 saturated carbocycles. The standard InChI is InChI=1S/C16H25NO2/c1-6-8-17(7-2)16(18)14-9-13(12(3)4)10-15(11-14)19-5/h9-12H,6-8H2,1-5H3. The van der Waals surface area contributed by atoms with Gasteiger partial charge in [0.1, 0.15) is 5.75 Å². The lowest BCUT2D eigenvalue weighted by molar-refractivity contribution is 0.0764. The van der Waals surface area contributed by atoms with Crippen LogP contribution in [0.4, 0.5) is 0 Å². The fourth-order valence-corrected chi connectivity index (χ4v) is 2.05. The van der Waals surface area contributed by atoms with E-state index in [0.29, 0.717) is 5.92 Å². The summed E-state index contributed by atoms with van der Waals surface area (Å²) in [6.45, 7) is 9.86. The number of hydrogen-bond acceptors (Lipinski definition) is 2. The van der Waals surface area contributed by atoms with E-state index >= 15 is 0 Å². The number of carbonyl (C=O) groups excluding carboxylic acids is 1. The van der Waals surface area contributed by atoms with Crippen LogP contribution >= 0.6 is 0 Å². The molecule has 3 heteroatoms. The number of hydrogen-bond donors (Lipinski definition) is 0. The Morgan fingerprint density at radius 1 is 1.26 bits per heavy atom. The minimum Gasteiger partial charge on any atom is -0.497 e. The van der Waals surface area contributed by atoms with Crippen LogP contribution in [-0.2, 0) is 0 Å². The summed E-state index contributed by atoms with van der Waals surface area (Å²) in [7, 11) is 1.64. The molecule has 1 aromatic rings. The first-order valence-electron chi connectivity index (χ1n) is 7.01. The van der Waals surface area contributed by atoms with Crippen molar-refractivity contribution in [3.8, 4) is 5.75 Å². The zero-order chi connectivity index (χ0) is 14.4. The molecule has 1 rings (SSSR count). The van der Waals surface area contributed by atoms with Crippen molar-refractivity contribution in [2.24, 2.45) is 0 Å². The zero-order valence-corrected chi connectivity index (χ0v) is 12.7. The van der Waals surface area contributed by atoms with Crippen LogP contribution in [0.5, 0.6) is 5.75 Å². The third-order valence-electron chi connectivity index (χ3n) is 3.24. The molecule has 106 valence electrons. The second kappa shape index (κ2) is 7.17. The first kappa shape index (κ1) is 15.5. The topological polar surface area (TPSA) is 29.5 Å².